The minimum Gasteiger partial charge on any atom is -0.482 e. The molecule has 2 aromatic rings. The summed E-state index contributed by atoms with van der Waals surface area (Å²) in [7, 11) is -1.54. The van der Waals surface area contributed by atoms with E-state index < -0.39 is 22.0 Å². The Kier molecular flexibility index (Phi) is 5.36. The maximum Gasteiger partial charge on any atom is 0.335 e. The summed E-state index contributed by atoms with van der Waals surface area (Å²) in [4.78, 5) is 35.1. The fraction of sp³-hybridized carbons (Fsp3) is 0.211. The molecule has 1 amide bonds. The molecule has 1 aliphatic heterocycles. The summed E-state index contributed by atoms with van der Waals surface area (Å²) in [6, 6.07) is 10.8. The second-order valence-corrected chi connectivity index (χ2v) is 7.84. The molecule has 1 aliphatic rings. The number of anilines is 1. The number of carbonyl (C=O) groups is 3. The number of nitrogens with one attached hydrogen (secondary N) is 1. The van der Waals surface area contributed by atoms with Crippen LogP contribution in [0.15, 0.2) is 42.5 Å². The van der Waals surface area contributed by atoms with Gasteiger partial charge in [-0.2, -0.15) is 0 Å². The molecule has 1 heterocycles. The van der Waals surface area contributed by atoms with E-state index in [-0.39, 0.29) is 29.6 Å². The molecule has 3 rings (SSSR count). The van der Waals surface area contributed by atoms with Crippen molar-refractivity contribution in [3.05, 3.63) is 59.2 Å². The van der Waals surface area contributed by atoms with Gasteiger partial charge in [-0.1, -0.05) is 12.1 Å². The lowest BCUT2D eigenvalue weighted by molar-refractivity contribution is -0.118. The van der Waals surface area contributed by atoms with E-state index in [1.165, 1.54) is 18.2 Å². The zero-order valence-corrected chi connectivity index (χ0v) is 15.2. The smallest absolute Gasteiger partial charge is 0.335 e. The number of Topliss-reactive ketones (excluding diaryl/α,β-unsaturated/α-hetero) is 1. The predicted octanol–water partition coefficient (Wildman–Crippen LogP) is 2.24. The normalized spacial score (nSPS) is 15.1. The van der Waals surface area contributed by atoms with Crippen LogP contribution in [0.2, 0.25) is 0 Å². The Morgan fingerprint density at radius 2 is 2.00 bits per heavy atom. The first kappa shape index (κ1) is 18.8. The molecule has 2 unspecified atom stereocenters. The molecule has 8 heteroatoms. The molecule has 0 saturated heterocycles. The summed E-state index contributed by atoms with van der Waals surface area (Å²) in [5.74, 6) is -1.15. The monoisotopic (exact) mass is 387 g/mol. The standard InChI is InChI=1S/C19H17NO6S/c1-11(27(25)10-12-3-2-4-14(7-12)19(23)24)18(22)13-5-6-16-15(8-13)20-17(21)9-26-16/h2-8,11H,9-10H2,1H3,(H,20,21)(H,23,24). The fourth-order valence-corrected chi connectivity index (χ4v) is 3.81. The Morgan fingerprint density at radius 1 is 1.22 bits per heavy atom. The highest BCUT2D eigenvalue weighted by Crippen LogP contribution is 2.29. The number of amides is 1. The van der Waals surface area contributed by atoms with Crippen LogP contribution in [0.3, 0.4) is 0 Å². The molecule has 0 fully saturated rings. The van der Waals surface area contributed by atoms with Gasteiger partial charge in [0, 0.05) is 22.1 Å². The van der Waals surface area contributed by atoms with Crippen molar-refractivity contribution in [2.45, 2.75) is 17.9 Å². The van der Waals surface area contributed by atoms with Gasteiger partial charge in [0.05, 0.1) is 16.5 Å². The SMILES string of the molecule is CC(C(=O)c1ccc2c(c1)NC(=O)CO2)S(=O)Cc1cccc(C(=O)O)c1. The van der Waals surface area contributed by atoms with Gasteiger partial charge < -0.3 is 15.2 Å². The highest BCUT2D eigenvalue weighted by atomic mass is 32.2. The van der Waals surface area contributed by atoms with E-state index in [1.807, 2.05) is 0 Å². The Hall–Kier alpha value is -3.00. The minimum absolute atomic E-state index is 0.0683. The van der Waals surface area contributed by atoms with E-state index in [0.29, 0.717) is 22.6 Å². The second kappa shape index (κ2) is 7.71. The number of benzene rings is 2. The summed E-state index contributed by atoms with van der Waals surface area (Å²) < 4.78 is 17.9. The Bertz CT molecular complexity index is 955. The van der Waals surface area contributed by atoms with E-state index >= 15 is 0 Å². The molecule has 0 spiro atoms. The van der Waals surface area contributed by atoms with Gasteiger partial charge in [0.1, 0.15) is 5.75 Å². The van der Waals surface area contributed by atoms with Crippen molar-refractivity contribution in [1.29, 1.82) is 0 Å². The van der Waals surface area contributed by atoms with Crippen LogP contribution in [0.1, 0.15) is 33.2 Å². The van der Waals surface area contributed by atoms with Crippen molar-refractivity contribution in [3.63, 3.8) is 0 Å². The summed E-state index contributed by atoms with van der Waals surface area (Å²) in [5.41, 5.74) is 1.41. The topological polar surface area (TPSA) is 110 Å². The molecule has 27 heavy (non-hydrogen) atoms. The van der Waals surface area contributed by atoms with Crippen LogP contribution >= 0.6 is 0 Å². The number of ether oxygens (including phenoxy) is 1. The summed E-state index contributed by atoms with van der Waals surface area (Å²) >= 11 is 0. The summed E-state index contributed by atoms with van der Waals surface area (Å²) in [6.07, 6.45) is 0. The van der Waals surface area contributed by atoms with Crippen LogP contribution < -0.4 is 10.1 Å². The minimum atomic E-state index is -1.54. The third-order valence-corrected chi connectivity index (χ3v) is 5.76. The van der Waals surface area contributed by atoms with Crippen molar-refractivity contribution in [3.8, 4) is 5.75 Å². The average Bonchev–Trinajstić information content (AvgIpc) is 2.66. The third kappa shape index (κ3) is 4.22. The van der Waals surface area contributed by atoms with Crippen LogP contribution in [-0.2, 0) is 21.3 Å². The van der Waals surface area contributed by atoms with E-state index in [1.54, 1.807) is 31.2 Å². The lowest BCUT2D eigenvalue weighted by Crippen LogP contribution is -2.27. The van der Waals surface area contributed by atoms with Gasteiger partial charge in [0.2, 0.25) is 0 Å². The quantitative estimate of drug-likeness (QED) is 0.736. The van der Waals surface area contributed by atoms with E-state index in [2.05, 4.69) is 5.32 Å². The maximum absolute atomic E-state index is 12.7. The van der Waals surface area contributed by atoms with Crippen molar-refractivity contribution in [2.75, 3.05) is 11.9 Å². The van der Waals surface area contributed by atoms with Gasteiger partial charge in [-0.25, -0.2) is 4.79 Å². The Morgan fingerprint density at radius 3 is 2.74 bits per heavy atom. The van der Waals surface area contributed by atoms with Crippen molar-refractivity contribution >= 4 is 34.1 Å². The van der Waals surface area contributed by atoms with Gasteiger partial charge >= 0.3 is 5.97 Å². The summed E-state index contributed by atoms with van der Waals surface area (Å²) in [6.45, 7) is 1.49. The summed E-state index contributed by atoms with van der Waals surface area (Å²) in [5, 5.41) is 10.9. The van der Waals surface area contributed by atoms with Gasteiger partial charge in [0.15, 0.2) is 12.4 Å². The second-order valence-electron chi connectivity index (χ2n) is 6.08. The number of hydrogen-bond acceptors (Lipinski definition) is 5. The molecule has 140 valence electrons. The molecular weight excluding hydrogens is 370 g/mol. The van der Waals surface area contributed by atoms with E-state index in [4.69, 9.17) is 9.84 Å². The molecule has 0 saturated carbocycles. The largest absolute Gasteiger partial charge is 0.482 e. The van der Waals surface area contributed by atoms with Gasteiger partial charge in [0.25, 0.3) is 5.91 Å². The molecule has 0 aliphatic carbocycles. The number of rotatable bonds is 6. The number of ketones is 1. The van der Waals surface area contributed by atoms with Crippen LogP contribution in [0.25, 0.3) is 0 Å². The number of fused-ring (bicyclic) bond motifs is 1. The molecule has 0 radical (unpaired) electrons. The third-order valence-electron chi connectivity index (χ3n) is 4.14. The van der Waals surface area contributed by atoms with Crippen LogP contribution in [0.5, 0.6) is 5.75 Å². The first-order chi connectivity index (χ1) is 12.8. The number of aromatic carboxylic acids is 1. The Labute approximate surface area is 157 Å². The first-order valence-electron chi connectivity index (χ1n) is 8.15. The lowest BCUT2D eigenvalue weighted by atomic mass is 10.1. The Balaban J connectivity index is 1.74. The fourth-order valence-electron chi connectivity index (χ4n) is 2.67. The number of carboxylic acids is 1. The van der Waals surface area contributed by atoms with Crippen LogP contribution in [0, 0.1) is 0 Å². The molecule has 2 aromatic carbocycles. The van der Waals surface area contributed by atoms with Crippen molar-refractivity contribution in [2.24, 2.45) is 0 Å². The maximum atomic E-state index is 12.7. The van der Waals surface area contributed by atoms with Gasteiger partial charge in [-0.3, -0.25) is 13.8 Å². The van der Waals surface area contributed by atoms with Crippen molar-refractivity contribution in [1.82, 2.24) is 0 Å². The van der Waals surface area contributed by atoms with Crippen molar-refractivity contribution < 1.29 is 28.4 Å². The van der Waals surface area contributed by atoms with E-state index in [9.17, 15) is 18.6 Å². The lowest BCUT2D eigenvalue weighted by Gasteiger charge is -2.19. The molecule has 2 atom stereocenters. The molecule has 2 N–H and O–H groups in total. The van der Waals surface area contributed by atoms with E-state index in [0.717, 1.165) is 0 Å². The number of hydrogen-bond donors (Lipinski definition) is 2. The predicted molar refractivity (Wildman–Crippen MR) is 99.6 cm³/mol. The highest BCUT2D eigenvalue weighted by molar-refractivity contribution is 7.85. The van der Waals surface area contributed by atoms with Gasteiger partial charge in [-0.05, 0) is 42.8 Å². The molecular formula is C19H17NO6S. The zero-order valence-electron chi connectivity index (χ0n) is 14.4. The van der Waals surface area contributed by atoms with Gasteiger partial charge in [-0.15, -0.1) is 0 Å². The van der Waals surface area contributed by atoms with Crippen LogP contribution in [-0.4, -0.2) is 38.8 Å². The number of carboxylic acid groups (broad SMARTS) is 1. The average molecular weight is 387 g/mol. The first-order valence-corrected chi connectivity index (χ1v) is 9.53. The highest BCUT2D eigenvalue weighted by Gasteiger charge is 2.24. The molecule has 0 bridgehead atoms. The van der Waals surface area contributed by atoms with Crippen LogP contribution in [0.4, 0.5) is 5.69 Å². The molecule has 7 nitrogen and oxygen atoms in total. The molecule has 0 aromatic heterocycles. The zero-order chi connectivity index (χ0) is 19.6. The number of carbonyl (C=O) groups excluding carboxylic acids is 2.